The third-order valence-corrected chi connectivity index (χ3v) is 11.0. The molecule has 0 spiro atoms. The quantitative estimate of drug-likeness (QED) is 0.165. The van der Waals surface area contributed by atoms with Gasteiger partial charge in [0.2, 0.25) is 0 Å². The van der Waals surface area contributed by atoms with Gasteiger partial charge in [-0.2, -0.15) is 0 Å². The fourth-order valence-corrected chi connectivity index (χ4v) is 8.38. The van der Waals surface area contributed by atoms with Crippen LogP contribution in [0, 0.1) is 0 Å². The summed E-state index contributed by atoms with van der Waals surface area (Å²) in [7, 11) is 0. The summed E-state index contributed by atoms with van der Waals surface area (Å²) in [6.45, 7) is 0. The summed E-state index contributed by atoms with van der Waals surface area (Å²) >= 11 is 0. The van der Waals surface area contributed by atoms with E-state index in [1.54, 1.807) is 0 Å². The predicted molar refractivity (Wildman–Crippen MR) is 227 cm³/mol. The fraction of sp³-hybridized carbons (Fsp3) is 0.0189. The van der Waals surface area contributed by atoms with E-state index >= 15 is 0 Å². The molecule has 9 aromatic rings. The maximum atomic E-state index is 5.02. The van der Waals surface area contributed by atoms with E-state index in [-0.39, 0.29) is 0 Å². The van der Waals surface area contributed by atoms with E-state index in [9.17, 15) is 0 Å². The monoisotopic (exact) mass is 700 g/mol. The summed E-state index contributed by atoms with van der Waals surface area (Å²) in [5.41, 5.74) is 17.0. The van der Waals surface area contributed by atoms with Gasteiger partial charge in [0.25, 0.3) is 0 Å². The van der Waals surface area contributed by atoms with Gasteiger partial charge >= 0.3 is 0 Å². The average Bonchev–Trinajstić information content (AvgIpc) is 3.58. The van der Waals surface area contributed by atoms with Crippen LogP contribution < -0.4 is 0 Å². The molecule has 0 bridgehead atoms. The Morgan fingerprint density at radius 1 is 0.273 bits per heavy atom. The van der Waals surface area contributed by atoms with Crippen LogP contribution in [-0.2, 0) is 5.41 Å². The Kier molecular flexibility index (Phi) is 8.08. The topological polar surface area (TPSA) is 25.8 Å². The van der Waals surface area contributed by atoms with Crippen molar-refractivity contribution in [3.63, 3.8) is 0 Å². The van der Waals surface area contributed by atoms with Crippen LogP contribution in [0.2, 0.25) is 0 Å². The summed E-state index contributed by atoms with van der Waals surface area (Å²) in [5, 5.41) is 0. The van der Waals surface area contributed by atoms with E-state index < -0.39 is 5.41 Å². The number of aromatic nitrogens is 2. The third kappa shape index (κ3) is 5.67. The molecule has 0 amide bonds. The standard InChI is InChI=1S/C53H36N2/c1-5-15-40(16-6-1)50-36-51(55-52(54-50)42-17-7-2-8-18-42)41-31-29-38(30-32-41)37-25-27-39(28-26-37)43-33-34-47-46-23-13-14-24-48(46)53(49(47)35-43,44-19-9-3-10-20-44)45-21-11-4-12-22-45/h1-36H. The van der Waals surface area contributed by atoms with Gasteiger partial charge in [-0.05, 0) is 67.8 Å². The molecule has 0 radical (unpaired) electrons. The lowest BCUT2D eigenvalue weighted by molar-refractivity contribution is 0.769. The van der Waals surface area contributed by atoms with E-state index in [2.05, 4.69) is 182 Å². The summed E-state index contributed by atoms with van der Waals surface area (Å²) in [6.07, 6.45) is 0. The summed E-state index contributed by atoms with van der Waals surface area (Å²) in [5.74, 6) is 0.719. The Hall–Kier alpha value is -7.16. The molecule has 55 heavy (non-hydrogen) atoms. The van der Waals surface area contributed by atoms with Crippen molar-refractivity contribution in [1.82, 2.24) is 9.97 Å². The maximum Gasteiger partial charge on any atom is 0.160 e. The highest BCUT2D eigenvalue weighted by Gasteiger charge is 2.46. The summed E-state index contributed by atoms with van der Waals surface area (Å²) < 4.78 is 0. The lowest BCUT2D eigenvalue weighted by Crippen LogP contribution is -2.28. The first kappa shape index (κ1) is 32.5. The molecule has 1 aliphatic carbocycles. The number of hydrogen-bond acceptors (Lipinski definition) is 2. The molecule has 2 nitrogen and oxygen atoms in total. The van der Waals surface area contributed by atoms with E-state index in [0.29, 0.717) is 0 Å². The molecule has 0 saturated carbocycles. The van der Waals surface area contributed by atoms with Crippen LogP contribution >= 0.6 is 0 Å². The largest absolute Gasteiger partial charge is 0.228 e. The van der Waals surface area contributed by atoms with E-state index in [1.807, 2.05) is 36.4 Å². The first-order valence-electron chi connectivity index (χ1n) is 18.8. The Labute approximate surface area is 322 Å². The first-order valence-corrected chi connectivity index (χ1v) is 18.8. The zero-order chi connectivity index (χ0) is 36.6. The van der Waals surface area contributed by atoms with Gasteiger partial charge in [-0.25, -0.2) is 9.97 Å². The van der Waals surface area contributed by atoms with Crippen LogP contribution in [0.3, 0.4) is 0 Å². The fourth-order valence-electron chi connectivity index (χ4n) is 8.38. The molecule has 0 N–H and O–H groups in total. The van der Waals surface area contributed by atoms with Crippen LogP contribution in [-0.4, -0.2) is 9.97 Å². The van der Waals surface area contributed by atoms with Crippen molar-refractivity contribution < 1.29 is 0 Å². The normalized spacial score (nSPS) is 12.5. The van der Waals surface area contributed by atoms with Gasteiger partial charge in [0, 0.05) is 16.7 Å². The summed E-state index contributed by atoms with van der Waals surface area (Å²) in [4.78, 5) is 9.98. The van der Waals surface area contributed by atoms with Crippen LogP contribution in [0.1, 0.15) is 22.3 Å². The molecule has 2 heteroatoms. The van der Waals surface area contributed by atoms with Crippen LogP contribution in [0.5, 0.6) is 0 Å². The van der Waals surface area contributed by atoms with E-state index in [4.69, 9.17) is 9.97 Å². The Morgan fingerprint density at radius 3 is 1.24 bits per heavy atom. The highest BCUT2D eigenvalue weighted by Crippen LogP contribution is 2.56. The number of nitrogens with zero attached hydrogens (tertiary/aromatic N) is 2. The second-order valence-electron chi connectivity index (χ2n) is 14.1. The number of fused-ring (bicyclic) bond motifs is 3. The molecule has 1 aliphatic rings. The van der Waals surface area contributed by atoms with Crippen LogP contribution in [0.4, 0.5) is 0 Å². The molecule has 1 heterocycles. The van der Waals surface area contributed by atoms with Crippen LogP contribution in [0.15, 0.2) is 218 Å². The van der Waals surface area contributed by atoms with Crippen molar-refractivity contribution in [1.29, 1.82) is 0 Å². The van der Waals surface area contributed by atoms with Gasteiger partial charge < -0.3 is 0 Å². The van der Waals surface area contributed by atoms with Crippen molar-refractivity contribution in [3.05, 3.63) is 241 Å². The van der Waals surface area contributed by atoms with E-state index in [0.717, 1.165) is 39.5 Å². The smallest absolute Gasteiger partial charge is 0.160 e. The van der Waals surface area contributed by atoms with Crippen LogP contribution in [0.25, 0.3) is 67.3 Å². The minimum atomic E-state index is -0.417. The lowest BCUT2D eigenvalue weighted by atomic mass is 9.67. The molecule has 0 aliphatic heterocycles. The van der Waals surface area contributed by atoms with Gasteiger partial charge in [-0.3, -0.25) is 0 Å². The van der Waals surface area contributed by atoms with Crippen molar-refractivity contribution in [3.8, 4) is 67.3 Å². The van der Waals surface area contributed by atoms with E-state index in [1.165, 1.54) is 50.1 Å². The van der Waals surface area contributed by atoms with Gasteiger partial charge in [0.05, 0.1) is 16.8 Å². The highest BCUT2D eigenvalue weighted by molar-refractivity contribution is 5.88. The minimum absolute atomic E-state index is 0.417. The average molecular weight is 701 g/mol. The van der Waals surface area contributed by atoms with Gasteiger partial charge in [-0.15, -0.1) is 0 Å². The zero-order valence-corrected chi connectivity index (χ0v) is 30.2. The Bertz CT molecular complexity index is 2660. The molecular weight excluding hydrogens is 665 g/mol. The Balaban J connectivity index is 1.00. The first-order chi connectivity index (χ1) is 27.3. The Morgan fingerprint density at radius 2 is 0.673 bits per heavy atom. The minimum Gasteiger partial charge on any atom is -0.228 e. The highest BCUT2D eigenvalue weighted by atomic mass is 14.9. The number of rotatable bonds is 7. The van der Waals surface area contributed by atoms with Gasteiger partial charge in [0.15, 0.2) is 5.82 Å². The van der Waals surface area contributed by atoms with Crippen molar-refractivity contribution >= 4 is 0 Å². The molecule has 10 rings (SSSR count). The van der Waals surface area contributed by atoms with Crippen molar-refractivity contribution in [2.24, 2.45) is 0 Å². The molecular formula is C53H36N2. The molecule has 0 saturated heterocycles. The second kappa shape index (κ2) is 13.7. The molecule has 0 atom stereocenters. The molecule has 8 aromatic carbocycles. The number of benzene rings is 8. The van der Waals surface area contributed by atoms with Crippen molar-refractivity contribution in [2.45, 2.75) is 5.41 Å². The predicted octanol–water partition coefficient (Wildman–Crippen LogP) is 13.2. The van der Waals surface area contributed by atoms with Gasteiger partial charge in [0.1, 0.15) is 0 Å². The second-order valence-corrected chi connectivity index (χ2v) is 14.1. The SMILES string of the molecule is c1ccc(-c2cc(-c3ccc(-c4ccc(-c5ccc6c(c5)C(c5ccccc5)(c5ccccc5)c5ccccc5-6)cc4)cc3)nc(-c3ccccc3)n2)cc1. The molecule has 258 valence electrons. The zero-order valence-electron chi connectivity index (χ0n) is 30.2. The maximum absolute atomic E-state index is 5.02. The number of hydrogen-bond donors (Lipinski definition) is 0. The van der Waals surface area contributed by atoms with Crippen molar-refractivity contribution in [2.75, 3.05) is 0 Å². The summed E-state index contributed by atoms with van der Waals surface area (Å²) in [6, 6.07) is 78.2. The van der Waals surface area contributed by atoms with Gasteiger partial charge in [-0.1, -0.05) is 206 Å². The molecule has 0 unspecified atom stereocenters. The third-order valence-electron chi connectivity index (χ3n) is 11.0. The lowest BCUT2D eigenvalue weighted by Gasteiger charge is -2.34. The molecule has 1 aromatic heterocycles. The molecule has 0 fully saturated rings.